The summed E-state index contributed by atoms with van der Waals surface area (Å²) in [5, 5.41) is 3.85. The van der Waals surface area contributed by atoms with Gasteiger partial charge in [0.1, 0.15) is 17.1 Å². The number of halogens is 2. The van der Waals surface area contributed by atoms with Crippen LogP contribution < -0.4 is 10.5 Å². The number of methoxy groups -OCH3 is 1. The van der Waals surface area contributed by atoms with Gasteiger partial charge in [-0.15, -0.1) is 0 Å². The lowest BCUT2D eigenvalue weighted by Crippen LogP contribution is -2.05. The molecule has 17 heavy (non-hydrogen) atoms. The van der Waals surface area contributed by atoms with Crippen LogP contribution in [0.25, 0.3) is 5.69 Å². The largest absolute Gasteiger partial charge is 0.494 e. The molecule has 0 unspecified atom stereocenters. The summed E-state index contributed by atoms with van der Waals surface area (Å²) in [6.07, 6.45) is -1.49. The minimum Gasteiger partial charge on any atom is -0.494 e. The highest BCUT2D eigenvalue weighted by atomic mass is 19.3. The predicted octanol–water partition coefficient (Wildman–Crippen LogP) is 2.40. The van der Waals surface area contributed by atoms with Crippen molar-refractivity contribution in [1.29, 1.82) is 0 Å². The topological polar surface area (TPSA) is 53.1 Å². The Morgan fingerprint density at radius 2 is 2.06 bits per heavy atom. The summed E-state index contributed by atoms with van der Waals surface area (Å²) in [5.74, 6) is 0.456. The zero-order valence-electron chi connectivity index (χ0n) is 9.10. The monoisotopic (exact) mass is 239 g/mol. The Labute approximate surface area is 96.6 Å². The fraction of sp³-hybridized carbons (Fsp3) is 0.182. The van der Waals surface area contributed by atoms with Crippen LogP contribution in [-0.4, -0.2) is 16.9 Å². The van der Waals surface area contributed by atoms with E-state index in [4.69, 9.17) is 10.5 Å². The lowest BCUT2D eigenvalue weighted by atomic mass is 10.3. The van der Waals surface area contributed by atoms with Gasteiger partial charge in [-0.05, 0) is 12.1 Å². The fourth-order valence-corrected chi connectivity index (χ4v) is 1.59. The molecule has 0 saturated carbocycles. The van der Waals surface area contributed by atoms with Crippen molar-refractivity contribution in [3.8, 4) is 11.4 Å². The minimum absolute atomic E-state index is 0.0362. The maximum Gasteiger partial charge on any atom is 0.282 e. The molecule has 2 aromatic rings. The number of para-hydroxylation sites is 2. The lowest BCUT2D eigenvalue weighted by Gasteiger charge is -2.11. The smallest absolute Gasteiger partial charge is 0.282 e. The third kappa shape index (κ3) is 1.93. The number of hydrogen-bond donors (Lipinski definition) is 1. The molecule has 0 aliphatic heterocycles. The second-order valence-corrected chi connectivity index (χ2v) is 3.37. The molecule has 0 radical (unpaired) electrons. The van der Waals surface area contributed by atoms with E-state index in [1.54, 1.807) is 24.3 Å². The second-order valence-electron chi connectivity index (χ2n) is 3.37. The molecule has 90 valence electrons. The summed E-state index contributed by atoms with van der Waals surface area (Å²) in [7, 11) is 1.47. The van der Waals surface area contributed by atoms with Crippen LogP contribution in [-0.2, 0) is 0 Å². The van der Waals surface area contributed by atoms with E-state index in [0.717, 1.165) is 4.68 Å². The Morgan fingerprint density at radius 3 is 2.71 bits per heavy atom. The van der Waals surface area contributed by atoms with Crippen molar-refractivity contribution in [2.45, 2.75) is 6.43 Å². The summed E-state index contributed by atoms with van der Waals surface area (Å²) >= 11 is 0. The molecule has 0 aliphatic carbocycles. The Morgan fingerprint density at radius 1 is 1.35 bits per heavy atom. The number of nitrogens with zero attached hydrogens (tertiary/aromatic N) is 2. The molecule has 1 aromatic carbocycles. The standard InChI is InChI=1S/C11H11F2N3O/c1-17-9-5-3-2-4-8(9)16-10(11(12)13)7(14)6-15-16/h2-6,11H,14H2,1H3. The molecule has 1 aromatic heterocycles. The van der Waals surface area contributed by atoms with E-state index in [9.17, 15) is 8.78 Å². The molecule has 6 heteroatoms. The van der Waals surface area contributed by atoms with Crippen molar-refractivity contribution in [2.75, 3.05) is 12.8 Å². The van der Waals surface area contributed by atoms with Gasteiger partial charge in [-0.3, -0.25) is 0 Å². The molecule has 0 aliphatic rings. The molecule has 4 nitrogen and oxygen atoms in total. The highest BCUT2D eigenvalue weighted by molar-refractivity contribution is 5.52. The summed E-state index contributed by atoms with van der Waals surface area (Å²) in [6, 6.07) is 6.77. The number of nitrogen functional groups attached to an aromatic ring is 1. The Balaban J connectivity index is 2.60. The molecular formula is C11H11F2N3O. The quantitative estimate of drug-likeness (QED) is 0.894. The predicted molar refractivity (Wildman–Crippen MR) is 59.5 cm³/mol. The van der Waals surface area contributed by atoms with E-state index in [1.165, 1.54) is 13.3 Å². The van der Waals surface area contributed by atoms with Gasteiger partial charge in [0.25, 0.3) is 6.43 Å². The van der Waals surface area contributed by atoms with Crippen molar-refractivity contribution < 1.29 is 13.5 Å². The molecule has 0 atom stereocenters. The lowest BCUT2D eigenvalue weighted by molar-refractivity contribution is 0.143. The van der Waals surface area contributed by atoms with Crippen molar-refractivity contribution in [3.05, 3.63) is 36.2 Å². The highest BCUT2D eigenvalue weighted by Gasteiger charge is 2.20. The third-order valence-electron chi connectivity index (χ3n) is 2.36. The van der Waals surface area contributed by atoms with Gasteiger partial charge in [0.05, 0.1) is 19.0 Å². The first-order chi connectivity index (χ1) is 8.15. The number of aromatic nitrogens is 2. The van der Waals surface area contributed by atoms with Crippen LogP contribution in [0.15, 0.2) is 30.5 Å². The second kappa shape index (κ2) is 4.40. The summed E-state index contributed by atoms with van der Waals surface area (Å²) < 4.78 is 31.9. The molecule has 0 amide bonds. The van der Waals surface area contributed by atoms with Crippen molar-refractivity contribution in [2.24, 2.45) is 0 Å². The van der Waals surface area contributed by atoms with Gasteiger partial charge in [0.2, 0.25) is 0 Å². The van der Waals surface area contributed by atoms with E-state index in [2.05, 4.69) is 5.10 Å². The molecule has 0 saturated heterocycles. The molecular weight excluding hydrogens is 228 g/mol. The van der Waals surface area contributed by atoms with Crippen LogP contribution in [0.2, 0.25) is 0 Å². The first-order valence-electron chi connectivity index (χ1n) is 4.90. The van der Waals surface area contributed by atoms with E-state index in [1.807, 2.05) is 0 Å². The van der Waals surface area contributed by atoms with Crippen LogP contribution in [0.1, 0.15) is 12.1 Å². The Hall–Kier alpha value is -2.11. The summed E-state index contributed by atoms with van der Waals surface area (Å²) in [4.78, 5) is 0. The number of anilines is 1. The Bertz CT molecular complexity index is 525. The molecule has 0 fully saturated rings. The molecule has 2 rings (SSSR count). The number of alkyl halides is 2. The van der Waals surface area contributed by atoms with Crippen molar-refractivity contribution >= 4 is 5.69 Å². The van der Waals surface area contributed by atoms with Gasteiger partial charge < -0.3 is 10.5 Å². The zero-order chi connectivity index (χ0) is 12.4. The van der Waals surface area contributed by atoms with Crippen LogP contribution in [0.4, 0.5) is 14.5 Å². The highest BCUT2D eigenvalue weighted by Crippen LogP contribution is 2.30. The molecule has 2 N–H and O–H groups in total. The zero-order valence-corrected chi connectivity index (χ0v) is 9.10. The van der Waals surface area contributed by atoms with E-state index >= 15 is 0 Å². The molecule has 0 spiro atoms. The number of ether oxygens (including phenoxy) is 1. The maximum atomic E-state index is 12.9. The number of benzene rings is 1. The van der Waals surface area contributed by atoms with Crippen LogP contribution in [0, 0.1) is 0 Å². The fourth-order valence-electron chi connectivity index (χ4n) is 1.59. The summed E-state index contributed by atoms with van der Waals surface area (Å²) in [5.41, 5.74) is 5.54. The number of hydrogen-bond acceptors (Lipinski definition) is 3. The van der Waals surface area contributed by atoms with Gasteiger partial charge >= 0.3 is 0 Å². The SMILES string of the molecule is COc1ccccc1-n1ncc(N)c1C(F)F. The van der Waals surface area contributed by atoms with Gasteiger partial charge in [0, 0.05) is 0 Å². The van der Waals surface area contributed by atoms with E-state index < -0.39 is 6.43 Å². The minimum atomic E-state index is -2.69. The third-order valence-corrected chi connectivity index (χ3v) is 2.36. The van der Waals surface area contributed by atoms with Crippen molar-refractivity contribution in [3.63, 3.8) is 0 Å². The van der Waals surface area contributed by atoms with Gasteiger partial charge in [0.15, 0.2) is 0 Å². The summed E-state index contributed by atoms with van der Waals surface area (Å²) in [6.45, 7) is 0. The van der Waals surface area contributed by atoms with Crippen LogP contribution >= 0.6 is 0 Å². The Kier molecular flexibility index (Phi) is 2.95. The number of nitrogens with two attached hydrogens (primary N) is 1. The molecule has 0 bridgehead atoms. The first-order valence-corrected chi connectivity index (χ1v) is 4.90. The van der Waals surface area contributed by atoms with Gasteiger partial charge in [-0.2, -0.15) is 5.10 Å². The average molecular weight is 239 g/mol. The molecule has 1 heterocycles. The average Bonchev–Trinajstić information content (AvgIpc) is 2.71. The first kappa shape index (κ1) is 11.4. The maximum absolute atomic E-state index is 12.9. The van der Waals surface area contributed by atoms with Gasteiger partial charge in [-0.25, -0.2) is 13.5 Å². The normalized spacial score (nSPS) is 10.8. The van der Waals surface area contributed by atoms with E-state index in [0.29, 0.717) is 11.4 Å². The van der Waals surface area contributed by atoms with Crippen LogP contribution in [0.5, 0.6) is 5.75 Å². The van der Waals surface area contributed by atoms with Gasteiger partial charge in [-0.1, -0.05) is 12.1 Å². The number of rotatable bonds is 3. The van der Waals surface area contributed by atoms with E-state index in [-0.39, 0.29) is 11.4 Å². The van der Waals surface area contributed by atoms with Crippen LogP contribution in [0.3, 0.4) is 0 Å². The van der Waals surface area contributed by atoms with Crippen molar-refractivity contribution in [1.82, 2.24) is 9.78 Å².